The Kier molecular flexibility index (Phi) is 3.95. The van der Waals surface area contributed by atoms with Crippen LogP contribution in [-0.4, -0.2) is 36.1 Å². The molecule has 1 saturated heterocycles. The zero-order valence-corrected chi connectivity index (χ0v) is 12.2. The Morgan fingerprint density at radius 3 is 2.56 bits per heavy atom. The third-order valence-electron chi connectivity index (χ3n) is 5.54. The van der Waals surface area contributed by atoms with Gasteiger partial charge in [0.1, 0.15) is 0 Å². The van der Waals surface area contributed by atoms with Crippen molar-refractivity contribution >= 4 is 0 Å². The minimum atomic E-state index is 0.749. The summed E-state index contributed by atoms with van der Waals surface area (Å²) in [5.74, 6) is 1.97. The van der Waals surface area contributed by atoms with Crippen molar-refractivity contribution in [3.8, 4) is 0 Å². The van der Waals surface area contributed by atoms with Crippen LogP contribution in [0.25, 0.3) is 0 Å². The first kappa shape index (κ1) is 12.9. The summed E-state index contributed by atoms with van der Waals surface area (Å²) < 4.78 is 0. The molecule has 3 rings (SSSR count). The molecule has 1 aliphatic heterocycles. The lowest BCUT2D eigenvalue weighted by molar-refractivity contribution is 0.0762. The van der Waals surface area contributed by atoms with E-state index in [1.54, 1.807) is 0 Å². The normalized spacial score (nSPS) is 43.7. The summed E-state index contributed by atoms with van der Waals surface area (Å²) in [6.45, 7) is 7.40. The van der Waals surface area contributed by atoms with E-state index in [-0.39, 0.29) is 0 Å². The molecule has 0 spiro atoms. The predicted octanol–water partition coefficient (Wildman–Crippen LogP) is 3.03. The van der Waals surface area contributed by atoms with Gasteiger partial charge in [-0.15, -0.1) is 0 Å². The topological polar surface area (TPSA) is 15.3 Å². The second kappa shape index (κ2) is 5.50. The molecule has 0 aromatic rings. The number of rotatable bonds is 2. The molecule has 1 heterocycles. The molecule has 2 saturated carbocycles. The van der Waals surface area contributed by atoms with Gasteiger partial charge in [0.05, 0.1) is 0 Å². The fourth-order valence-corrected chi connectivity index (χ4v) is 4.03. The predicted molar refractivity (Wildman–Crippen MR) is 76.7 cm³/mol. The Morgan fingerprint density at radius 1 is 0.944 bits per heavy atom. The molecule has 18 heavy (non-hydrogen) atoms. The summed E-state index contributed by atoms with van der Waals surface area (Å²) in [4.78, 5) is 2.86. The minimum Gasteiger partial charge on any atom is -0.311 e. The van der Waals surface area contributed by atoms with E-state index in [1.165, 1.54) is 58.0 Å². The van der Waals surface area contributed by atoms with Crippen LogP contribution in [0.2, 0.25) is 0 Å². The summed E-state index contributed by atoms with van der Waals surface area (Å²) in [5, 5.41) is 3.78. The van der Waals surface area contributed by atoms with Crippen LogP contribution in [0.3, 0.4) is 0 Å². The maximum absolute atomic E-state index is 3.78. The Hall–Kier alpha value is -0.0800. The van der Waals surface area contributed by atoms with E-state index in [0.29, 0.717) is 0 Å². The van der Waals surface area contributed by atoms with Crippen LogP contribution < -0.4 is 5.32 Å². The van der Waals surface area contributed by atoms with E-state index in [4.69, 9.17) is 0 Å². The minimum absolute atomic E-state index is 0.749. The fraction of sp³-hybridized carbons (Fsp3) is 1.00. The van der Waals surface area contributed by atoms with Crippen molar-refractivity contribution < 1.29 is 0 Å². The Balaban J connectivity index is 1.61. The van der Waals surface area contributed by atoms with Crippen molar-refractivity contribution in [2.45, 2.75) is 76.9 Å². The second-order valence-electron chi connectivity index (χ2n) is 7.17. The molecule has 3 aliphatic rings. The van der Waals surface area contributed by atoms with E-state index in [2.05, 4.69) is 24.1 Å². The standard InChI is InChI=1S/C16H30N2/c1-12-4-3-5-15(9-6-12)18-11-16(14-7-8-14)17-10-13(18)2/h12-17H,3-11H2,1-2H3. The van der Waals surface area contributed by atoms with Gasteiger partial charge in [0, 0.05) is 31.2 Å². The summed E-state index contributed by atoms with van der Waals surface area (Å²) in [7, 11) is 0. The third kappa shape index (κ3) is 2.91. The van der Waals surface area contributed by atoms with Crippen molar-refractivity contribution in [1.82, 2.24) is 10.2 Å². The number of hydrogen-bond acceptors (Lipinski definition) is 2. The van der Waals surface area contributed by atoms with Gasteiger partial charge in [-0.2, -0.15) is 0 Å². The average molecular weight is 250 g/mol. The molecule has 104 valence electrons. The summed E-state index contributed by atoms with van der Waals surface area (Å²) in [5.41, 5.74) is 0. The van der Waals surface area contributed by atoms with Gasteiger partial charge in [-0.1, -0.05) is 19.8 Å². The summed E-state index contributed by atoms with van der Waals surface area (Å²) >= 11 is 0. The molecule has 4 unspecified atom stereocenters. The Bertz CT molecular complexity index is 274. The van der Waals surface area contributed by atoms with Crippen LogP contribution in [-0.2, 0) is 0 Å². The molecule has 3 fully saturated rings. The van der Waals surface area contributed by atoms with Gasteiger partial charge in [0.25, 0.3) is 0 Å². The molecule has 1 N–H and O–H groups in total. The van der Waals surface area contributed by atoms with Crippen molar-refractivity contribution in [2.75, 3.05) is 13.1 Å². The zero-order valence-electron chi connectivity index (χ0n) is 12.2. The molecule has 2 heteroatoms. The quantitative estimate of drug-likeness (QED) is 0.758. The molecule has 0 amide bonds. The third-order valence-corrected chi connectivity index (χ3v) is 5.54. The SMILES string of the molecule is CC1CCCC(N2CC(C3CC3)NCC2C)CC1. The molecule has 2 aliphatic carbocycles. The summed E-state index contributed by atoms with van der Waals surface area (Å²) in [6, 6.07) is 2.44. The largest absolute Gasteiger partial charge is 0.311 e. The highest BCUT2D eigenvalue weighted by molar-refractivity contribution is 4.95. The Morgan fingerprint density at radius 2 is 1.78 bits per heavy atom. The number of nitrogens with zero attached hydrogens (tertiary/aromatic N) is 1. The van der Waals surface area contributed by atoms with E-state index in [1.807, 2.05) is 0 Å². The van der Waals surface area contributed by atoms with Crippen molar-refractivity contribution in [2.24, 2.45) is 11.8 Å². The molecular weight excluding hydrogens is 220 g/mol. The molecule has 2 nitrogen and oxygen atoms in total. The number of nitrogens with one attached hydrogen (secondary N) is 1. The average Bonchev–Trinajstić information content (AvgIpc) is 3.18. The lowest BCUT2D eigenvalue weighted by Crippen LogP contribution is -2.59. The molecule has 0 bridgehead atoms. The molecule has 4 atom stereocenters. The molecule has 0 aromatic carbocycles. The maximum Gasteiger partial charge on any atom is 0.0224 e. The highest BCUT2D eigenvalue weighted by atomic mass is 15.3. The molecule has 0 radical (unpaired) electrons. The maximum atomic E-state index is 3.78. The van der Waals surface area contributed by atoms with Crippen LogP contribution in [0.4, 0.5) is 0 Å². The first-order valence-electron chi connectivity index (χ1n) is 8.23. The van der Waals surface area contributed by atoms with Crippen LogP contribution in [0.15, 0.2) is 0 Å². The monoisotopic (exact) mass is 250 g/mol. The van der Waals surface area contributed by atoms with E-state index < -0.39 is 0 Å². The van der Waals surface area contributed by atoms with Crippen molar-refractivity contribution in [3.05, 3.63) is 0 Å². The van der Waals surface area contributed by atoms with Gasteiger partial charge in [-0.3, -0.25) is 4.90 Å². The number of piperazine rings is 1. The number of hydrogen-bond donors (Lipinski definition) is 1. The van der Waals surface area contributed by atoms with Gasteiger partial charge in [0.15, 0.2) is 0 Å². The lowest BCUT2D eigenvalue weighted by Gasteiger charge is -2.43. The van der Waals surface area contributed by atoms with E-state index in [0.717, 1.165) is 30.0 Å². The van der Waals surface area contributed by atoms with Crippen LogP contribution >= 0.6 is 0 Å². The fourth-order valence-electron chi connectivity index (χ4n) is 4.03. The Labute approximate surface area is 113 Å². The lowest BCUT2D eigenvalue weighted by atomic mass is 9.99. The van der Waals surface area contributed by atoms with E-state index >= 15 is 0 Å². The molecule has 0 aromatic heterocycles. The highest BCUT2D eigenvalue weighted by Crippen LogP contribution is 2.36. The van der Waals surface area contributed by atoms with Crippen LogP contribution in [0, 0.1) is 11.8 Å². The van der Waals surface area contributed by atoms with Crippen molar-refractivity contribution in [1.29, 1.82) is 0 Å². The van der Waals surface area contributed by atoms with Crippen molar-refractivity contribution in [3.63, 3.8) is 0 Å². The van der Waals surface area contributed by atoms with Gasteiger partial charge < -0.3 is 5.32 Å². The van der Waals surface area contributed by atoms with Gasteiger partial charge >= 0.3 is 0 Å². The van der Waals surface area contributed by atoms with Crippen LogP contribution in [0.1, 0.15) is 58.8 Å². The zero-order chi connectivity index (χ0) is 12.5. The smallest absolute Gasteiger partial charge is 0.0224 e. The van der Waals surface area contributed by atoms with Crippen LogP contribution in [0.5, 0.6) is 0 Å². The van der Waals surface area contributed by atoms with Gasteiger partial charge in [-0.05, 0) is 50.9 Å². The highest BCUT2D eigenvalue weighted by Gasteiger charge is 2.38. The first-order chi connectivity index (χ1) is 8.74. The molecular formula is C16H30N2. The van der Waals surface area contributed by atoms with Gasteiger partial charge in [0.2, 0.25) is 0 Å². The second-order valence-corrected chi connectivity index (χ2v) is 7.17. The van der Waals surface area contributed by atoms with E-state index in [9.17, 15) is 0 Å². The first-order valence-corrected chi connectivity index (χ1v) is 8.23. The summed E-state index contributed by atoms with van der Waals surface area (Å²) in [6.07, 6.45) is 10.2. The van der Waals surface area contributed by atoms with Gasteiger partial charge in [-0.25, -0.2) is 0 Å².